The molecule has 4 aromatic carbocycles. The van der Waals surface area contributed by atoms with Crippen molar-refractivity contribution in [3.8, 4) is 22.8 Å². The maximum atomic E-state index is 7.03. The van der Waals surface area contributed by atoms with Crippen LogP contribution in [-0.4, -0.2) is 0 Å². The van der Waals surface area contributed by atoms with E-state index < -0.39 is 0 Å². The first-order chi connectivity index (χ1) is 17.1. The van der Waals surface area contributed by atoms with Crippen LogP contribution in [0.5, 0.6) is 11.5 Å². The Labute approximate surface area is 214 Å². The lowest BCUT2D eigenvalue weighted by molar-refractivity contribution is -0.659. The predicted octanol–water partition coefficient (Wildman–Crippen LogP) is 8.84. The Morgan fingerprint density at radius 1 is 0.861 bits per heavy atom. The number of benzene rings is 4. The number of fused-ring (bicyclic) bond motifs is 5. The lowest BCUT2D eigenvalue weighted by Crippen LogP contribution is -2.32. The normalized spacial score (nSPS) is 13.0. The lowest BCUT2D eigenvalue weighted by atomic mass is 9.81. The van der Waals surface area contributed by atoms with Crippen LogP contribution in [0.25, 0.3) is 43.6 Å². The first-order valence-corrected chi connectivity index (χ1v) is 13.2. The van der Waals surface area contributed by atoms with E-state index in [0.29, 0.717) is 5.92 Å². The molecule has 2 heteroatoms. The summed E-state index contributed by atoms with van der Waals surface area (Å²) in [5.74, 6) is 2.62. The average Bonchev–Trinajstić information content (AvgIpc) is 2.82. The molecule has 0 unspecified atom stereocenters. The van der Waals surface area contributed by atoms with Crippen molar-refractivity contribution in [1.82, 2.24) is 0 Å². The van der Waals surface area contributed by atoms with Crippen LogP contribution < -0.4 is 9.30 Å². The van der Waals surface area contributed by atoms with E-state index >= 15 is 0 Å². The minimum Gasteiger partial charge on any atom is -0.455 e. The standard InChI is InChI=1S/C34H36NO/c1-20(2)17-22-11-10-14-25-26-15-16-35(7)32-30-21(3)23-12-8-9-13-24(23)28(19-34(4,5)6)33(30)36-29(31(26)32)18-27(22)25/h8-16,18,20H,17,19H2,1-7H3/q+1. The molecule has 0 amide bonds. The van der Waals surface area contributed by atoms with E-state index in [-0.39, 0.29) is 5.41 Å². The zero-order valence-electron chi connectivity index (χ0n) is 22.6. The van der Waals surface area contributed by atoms with Gasteiger partial charge in [0.2, 0.25) is 5.69 Å². The fraction of sp³-hybridized carbons (Fsp3) is 0.324. The molecule has 0 N–H and O–H groups in total. The molecule has 1 aromatic heterocycles. The highest BCUT2D eigenvalue weighted by Crippen LogP contribution is 2.52. The zero-order valence-corrected chi connectivity index (χ0v) is 22.6. The fourth-order valence-corrected chi connectivity index (χ4v) is 6.21. The summed E-state index contributed by atoms with van der Waals surface area (Å²) in [6, 6.07) is 20.2. The molecule has 0 bridgehead atoms. The first-order valence-electron chi connectivity index (χ1n) is 13.2. The van der Waals surface area contributed by atoms with Crippen molar-refractivity contribution < 1.29 is 9.30 Å². The summed E-state index contributed by atoms with van der Waals surface area (Å²) in [7, 11) is 2.17. The number of pyridine rings is 1. The third kappa shape index (κ3) is 3.50. The van der Waals surface area contributed by atoms with Crippen LogP contribution in [0.2, 0.25) is 0 Å². The van der Waals surface area contributed by atoms with Crippen LogP contribution in [0.1, 0.15) is 51.3 Å². The predicted molar refractivity (Wildman–Crippen MR) is 152 cm³/mol. The van der Waals surface area contributed by atoms with Gasteiger partial charge in [-0.05, 0) is 69.8 Å². The van der Waals surface area contributed by atoms with Crippen LogP contribution in [-0.2, 0) is 19.9 Å². The Morgan fingerprint density at radius 2 is 1.58 bits per heavy atom. The van der Waals surface area contributed by atoms with Gasteiger partial charge in [-0.3, -0.25) is 0 Å². The van der Waals surface area contributed by atoms with E-state index in [4.69, 9.17) is 4.74 Å². The van der Waals surface area contributed by atoms with Gasteiger partial charge in [-0.15, -0.1) is 0 Å². The Morgan fingerprint density at radius 3 is 2.31 bits per heavy atom. The number of ether oxygens (including phenoxy) is 1. The van der Waals surface area contributed by atoms with E-state index in [1.807, 2.05) is 0 Å². The summed E-state index contributed by atoms with van der Waals surface area (Å²) >= 11 is 0. The van der Waals surface area contributed by atoms with Crippen molar-refractivity contribution in [1.29, 1.82) is 0 Å². The highest BCUT2D eigenvalue weighted by molar-refractivity contribution is 6.16. The topological polar surface area (TPSA) is 13.1 Å². The minimum absolute atomic E-state index is 0.136. The molecule has 1 aliphatic heterocycles. The van der Waals surface area contributed by atoms with E-state index in [2.05, 4.69) is 114 Å². The van der Waals surface area contributed by atoms with Gasteiger partial charge in [0.05, 0.1) is 10.9 Å². The lowest BCUT2D eigenvalue weighted by Gasteiger charge is -2.28. The Bertz CT molecular complexity index is 1680. The molecule has 0 spiro atoms. The second kappa shape index (κ2) is 8.06. The Hall–Kier alpha value is -3.39. The van der Waals surface area contributed by atoms with E-state index in [1.165, 1.54) is 60.3 Å². The number of aromatic nitrogens is 1. The number of aryl methyl sites for hydroxylation is 2. The molecule has 0 aliphatic carbocycles. The van der Waals surface area contributed by atoms with E-state index in [1.54, 1.807) is 0 Å². The molecule has 182 valence electrons. The number of rotatable bonds is 3. The third-order valence-corrected chi connectivity index (χ3v) is 7.65. The summed E-state index contributed by atoms with van der Waals surface area (Å²) in [5.41, 5.74) is 6.65. The largest absolute Gasteiger partial charge is 0.455 e. The quantitative estimate of drug-likeness (QED) is 0.184. The van der Waals surface area contributed by atoms with Crippen LogP contribution in [0, 0.1) is 18.3 Å². The van der Waals surface area contributed by atoms with Crippen molar-refractivity contribution in [2.24, 2.45) is 18.4 Å². The van der Waals surface area contributed by atoms with Crippen LogP contribution >= 0.6 is 0 Å². The molecule has 0 saturated heterocycles. The maximum absolute atomic E-state index is 7.03. The third-order valence-electron chi connectivity index (χ3n) is 7.65. The number of nitrogens with zero attached hydrogens (tertiary/aromatic N) is 1. The molecule has 2 nitrogen and oxygen atoms in total. The summed E-state index contributed by atoms with van der Waals surface area (Å²) < 4.78 is 9.32. The van der Waals surface area contributed by atoms with Gasteiger partial charge >= 0.3 is 0 Å². The van der Waals surface area contributed by atoms with E-state index in [0.717, 1.165) is 24.3 Å². The molecule has 5 aromatic rings. The monoisotopic (exact) mass is 474 g/mol. The average molecular weight is 475 g/mol. The smallest absolute Gasteiger partial charge is 0.228 e. The molecule has 0 atom stereocenters. The molecular weight excluding hydrogens is 438 g/mol. The van der Waals surface area contributed by atoms with Gasteiger partial charge < -0.3 is 4.74 Å². The van der Waals surface area contributed by atoms with Crippen LogP contribution in [0.15, 0.2) is 60.8 Å². The summed E-state index contributed by atoms with van der Waals surface area (Å²) in [5, 5.41) is 7.75. The molecule has 0 radical (unpaired) electrons. The van der Waals surface area contributed by atoms with Crippen molar-refractivity contribution >= 4 is 32.3 Å². The van der Waals surface area contributed by atoms with Gasteiger partial charge in [-0.2, -0.15) is 0 Å². The van der Waals surface area contributed by atoms with Gasteiger partial charge in [-0.1, -0.05) is 77.1 Å². The van der Waals surface area contributed by atoms with Crippen LogP contribution in [0.3, 0.4) is 0 Å². The number of hydrogen-bond acceptors (Lipinski definition) is 1. The maximum Gasteiger partial charge on any atom is 0.228 e. The van der Waals surface area contributed by atoms with E-state index in [9.17, 15) is 0 Å². The van der Waals surface area contributed by atoms with Crippen molar-refractivity contribution in [3.63, 3.8) is 0 Å². The summed E-state index contributed by atoms with van der Waals surface area (Å²) in [6.45, 7) is 13.8. The molecule has 0 saturated carbocycles. The van der Waals surface area contributed by atoms with Crippen molar-refractivity contribution in [2.45, 2.75) is 54.4 Å². The Kier molecular flexibility index (Phi) is 5.16. The van der Waals surface area contributed by atoms with Crippen molar-refractivity contribution in [3.05, 3.63) is 77.5 Å². The number of hydrogen-bond donors (Lipinski definition) is 0. The first kappa shape index (κ1) is 23.0. The molecule has 36 heavy (non-hydrogen) atoms. The van der Waals surface area contributed by atoms with Gasteiger partial charge in [0, 0.05) is 17.0 Å². The molecule has 2 heterocycles. The second-order valence-corrected chi connectivity index (χ2v) is 12.2. The second-order valence-electron chi connectivity index (χ2n) is 12.2. The van der Waals surface area contributed by atoms with Crippen LogP contribution in [0.4, 0.5) is 0 Å². The van der Waals surface area contributed by atoms with Gasteiger partial charge in [0.25, 0.3) is 0 Å². The molecule has 0 fully saturated rings. The fourth-order valence-electron chi connectivity index (χ4n) is 6.21. The van der Waals surface area contributed by atoms with Gasteiger partial charge in [0.15, 0.2) is 6.20 Å². The van der Waals surface area contributed by atoms with Gasteiger partial charge in [-0.25, -0.2) is 4.57 Å². The highest BCUT2D eigenvalue weighted by Gasteiger charge is 2.34. The zero-order chi connectivity index (χ0) is 25.4. The summed E-state index contributed by atoms with van der Waals surface area (Å²) in [4.78, 5) is 0. The van der Waals surface area contributed by atoms with Crippen molar-refractivity contribution in [2.75, 3.05) is 0 Å². The highest BCUT2D eigenvalue weighted by atomic mass is 16.5. The SMILES string of the molecule is Cc1c2c(c(CC(C)(C)C)c3ccccc13)Oc1cc3c(CC(C)C)cccc3c3cc[n+](C)c-2c13. The Balaban J connectivity index is 1.77. The minimum atomic E-state index is 0.136. The van der Waals surface area contributed by atoms with Gasteiger partial charge in [0.1, 0.15) is 18.5 Å². The molecule has 6 rings (SSSR count). The molecule has 1 aliphatic rings. The summed E-state index contributed by atoms with van der Waals surface area (Å²) in [6.07, 6.45) is 4.24. The molecular formula is C34H36NO+.